The summed E-state index contributed by atoms with van der Waals surface area (Å²) in [6.07, 6.45) is 2.77. The first-order chi connectivity index (χ1) is 6.75. The Labute approximate surface area is 81.5 Å². The van der Waals surface area contributed by atoms with E-state index in [9.17, 15) is 4.79 Å². The summed E-state index contributed by atoms with van der Waals surface area (Å²) in [5, 5.41) is 1.41. The van der Waals surface area contributed by atoms with E-state index in [4.69, 9.17) is 10.6 Å². The highest BCUT2D eigenvalue weighted by atomic mass is 16.7. The van der Waals surface area contributed by atoms with Crippen LogP contribution in [0.25, 0.3) is 6.08 Å². The molecule has 0 bridgehead atoms. The lowest BCUT2D eigenvalue weighted by atomic mass is 10.1. The Morgan fingerprint density at radius 2 is 2.21 bits per heavy atom. The fraction of sp³-hybridized carbons (Fsp3) is 0.100. The van der Waals surface area contributed by atoms with Crippen molar-refractivity contribution in [2.75, 3.05) is 0 Å². The third kappa shape index (κ3) is 1.69. The fourth-order valence-electron chi connectivity index (χ4n) is 1.40. The number of amides is 1. The van der Waals surface area contributed by atoms with Crippen molar-refractivity contribution in [2.24, 2.45) is 5.73 Å². The van der Waals surface area contributed by atoms with Gasteiger partial charge in [0.1, 0.15) is 0 Å². The fourth-order valence-corrected chi connectivity index (χ4v) is 1.40. The van der Waals surface area contributed by atoms with Gasteiger partial charge in [0.15, 0.2) is 0 Å². The molecule has 1 aliphatic rings. The molecular weight excluding hydrogens is 180 g/mol. The SMILES string of the molecule is NC(=O)ON1C=Cc2ccccc2C1. The Bertz CT molecular complexity index is 387. The Morgan fingerprint density at radius 3 is 3.00 bits per heavy atom. The van der Waals surface area contributed by atoms with Crippen molar-refractivity contribution in [1.29, 1.82) is 0 Å². The first-order valence-corrected chi connectivity index (χ1v) is 4.26. The summed E-state index contributed by atoms with van der Waals surface area (Å²) in [5.74, 6) is 0. The summed E-state index contributed by atoms with van der Waals surface area (Å²) in [4.78, 5) is 15.2. The largest absolute Gasteiger partial charge is 0.428 e. The molecule has 0 aliphatic carbocycles. The van der Waals surface area contributed by atoms with Crippen molar-refractivity contribution < 1.29 is 9.63 Å². The molecule has 0 aromatic heterocycles. The molecule has 1 amide bonds. The molecule has 0 saturated heterocycles. The van der Waals surface area contributed by atoms with Crippen LogP contribution in [0.1, 0.15) is 11.1 Å². The van der Waals surface area contributed by atoms with Gasteiger partial charge in [-0.3, -0.25) is 0 Å². The number of nitrogens with zero attached hydrogens (tertiary/aromatic N) is 1. The summed E-state index contributed by atoms with van der Waals surface area (Å²) in [6, 6.07) is 7.90. The average Bonchev–Trinajstić information content (AvgIpc) is 2.17. The monoisotopic (exact) mass is 190 g/mol. The Morgan fingerprint density at radius 1 is 1.43 bits per heavy atom. The van der Waals surface area contributed by atoms with E-state index in [1.165, 1.54) is 5.06 Å². The maximum absolute atomic E-state index is 10.5. The lowest BCUT2D eigenvalue weighted by Gasteiger charge is -2.22. The Hall–Kier alpha value is -1.97. The number of carbonyl (C=O) groups is 1. The zero-order chi connectivity index (χ0) is 9.97. The lowest BCUT2D eigenvalue weighted by molar-refractivity contribution is -0.0602. The number of rotatable bonds is 1. The molecule has 0 unspecified atom stereocenters. The molecule has 4 nitrogen and oxygen atoms in total. The van der Waals surface area contributed by atoms with Crippen molar-refractivity contribution in [3.63, 3.8) is 0 Å². The van der Waals surface area contributed by atoms with Crippen molar-refractivity contribution in [3.05, 3.63) is 41.6 Å². The summed E-state index contributed by atoms with van der Waals surface area (Å²) in [6.45, 7) is 0.537. The molecule has 1 aromatic rings. The van der Waals surface area contributed by atoms with Gasteiger partial charge in [-0.15, -0.1) is 0 Å². The third-order valence-corrected chi connectivity index (χ3v) is 2.01. The minimum atomic E-state index is -0.797. The minimum absolute atomic E-state index is 0.537. The second-order valence-corrected chi connectivity index (χ2v) is 3.00. The number of nitrogens with two attached hydrogens (primary N) is 1. The zero-order valence-corrected chi connectivity index (χ0v) is 7.51. The molecule has 0 spiro atoms. The zero-order valence-electron chi connectivity index (χ0n) is 7.51. The van der Waals surface area contributed by atoms with Crippen molar-refractivity contribution in [1.82, 2.24) is 5.06 Å². The molecule has 1 aromatic carbocycles. The van der Waals surface area contributed by atoms with Gasteiger partial charge in [0, 0.05) is 6.20 Å². The molecule has 4 heteroatoms. The quantitative estimate of drug-likeness (QED) is 0.729. The van der Waals surface area contributed by atoms with E-state index in [-0.39, 0.29) is 0 Å². The number of hydrogen-bond acceptors (Lipinski definition) is 3. The molecule has 0 radical (unpaired) electrons. The molecule has 0 saturated carbocycles. The van der Waals surface area contributed by atoms with Gasteiger partial charge in [-0.2, -0.15) is 0 Å². The van der Waals surface area contributed by atoms with Crippen LogP contribution in [0, 0.1) is 0 Å². The molecule has 1 aliphatic heterocycles. The van der Waals surface area contributed by atoms with Crippen LogP contribution >= 0.6 is 0 Å². The van der Waals surface area contributed by atoms with E-state index in [2.05, 4.69) is 0 Å². The number of hydrogen-bond donors (Lipinski definition) is 1. The van der Waals surface area contributed by atoms with Gasteiger partial charge in [0.25, 0.3) is 0 Å². The molecule has 2 N–H and O–H groups in total. The standard InChI is InChI=1S/C10H10N2O2/c11-10(13)14-12-6-5-8-3-1-2-4-9(8)7-12/h1-6H,7H2,(H2,11,13). The van der Waals surface area contributed by atoms with Gasteiger partial charge in [0.2, 0.25) is 0 Å². The number of carbonyl (C=O) groups excluding carboxylic acids is 1. The predicted molar refractivity (Wildman–Crippen MR) is 51.7 cm³/mol. The van der Waals surface area contributed by atoms with E-state index < -0.39 is 6.09 Å². The normalized spacial score (nSPS) is 13.6. The first-order valence-electron chi connectivity index (χ1n) is 4.26. The third-order valence-electron chi connectivity index (χ3n) is 2.01. The minimum Gasteiger partial charge on any atom is -0.333 e. The summed E-state index contributed by atoms with van der Waals surface area (Å²) < 4.78 is 0. The van der Waals surface area contributed by atoms with Crippen molar-refractivity contribution >= 4 is 12.2 Å². The maximum Gasteiger partial charge on any atom is 0.428 e. The van der Waals surface area contributed by atoms with Crippen molar-refractivity contribution in [2.45, 2.75) is 6.54 Å². The predicted octanol–water partition coefficient (Wildman–Crippen LogP) is 1.48. The number of primary amides is 1. The topological polar surface area (TPSA) is 55.6 Å². The molecule has 0 fully saturated rings. The molecule has 14 heavy (non-hydrogen) atoms. The number of benzene rings is 1. The van der Waals surface area contributed by atoms with Crippen LogP contribution in [-0.4, -0.2) is 11.2 Å². The van der Waals surface area contributed by atoms with Gasteiger partial charge in [-0.05, 0) is 17.2 Å². The number of fused-ring (bicyclic) bond motifs is 1. The highest BCUT2D eigenvalue weighted by Crippen LogP contribution is 2.18. The van der Waals surface area contributed by atoms with Gasteiger partial charge in [-0.1, -0.05) is 24.3 Å². The van der Waals surface area contributed by atoms with Crippen LogP contribution < -0.4 is 5.73 Å². The molecular formula is C10H10N2O2. The van der Waals surface area contributed by atoms with Gasteiger partial charge in [-0.25, -0.2) is 9.86 Å². The van der Waals surface area contributed by atoms with Crippen LogP contribution in [0.5, 0.6) is 0 Å². The average molecular weight is 190 g/mol. The van der Waals surface area contributed by atoms with E-state index in [0.29, 0.717) is 6.54 Å². The molecule has 0 atom stereocenters. The lowest BCUT2D eigenvalue weighted by Crippen LogP contribution is -2.27. The Kier molecular flexibility index (Phi) is 2.10. The van der Waals surface area contributed by atoms with Crippen molar-refractivity contribution in [3.8, 4) is 0 Å². The van der Waals surface area contributed by atoms with Crippen LogP contribution in [0.2, 0.25) is 0 Å². The summed E-state index contributed by atoms with van der Waals surface area (Å²) in [5.41, 5.74) is 7.15. The van der Waals surface area contributed by atoms with Gasteiger partial charge < -0.3 is 10.6 Å². The maximum atomic E-state index is 10.5. The highest BCUT2D eigenvalue weighted by molar-refractivity contribution is 5.64. The van der Waals surface area contributed by atoms with E-state index in [0.717, 1.165) is 11.1 Å². The summed E-state index contributed by atoms with van der Waals surface area (Å²) in [7, 11) is 0. The smallest absolute Gasteiger partial charge is 0.333 e. The van der Waals surface area contributed by atoms with Gasteiger partial charge >= 0.3 is 6.09 Å². The van der Waals surface area contributed by atoms with Crippen LogP contribution in [0.15, 0.2) is 30.5 Å². The molecule has 1 heterocycles. The van der Waals surface area contributed by atoms with E-state index in [1.807, 2.05) is 30.3 Å². The van der Waals surface area contributed by atoms with E-state index in [1.54, 1.807) is 6.20 Å². The Balaban J connectivity index is 2.17. The van der Waals surface area contributed by atoms with Crippen LogP contribution in [-0.2, 0) is 11.4 Å². The van der Waals surface area contributed by atoms with Gasteiger partial charge in [0.05, 0.1) is 6.54 Å². The van der Waals surface area contributed by atoms with Crippen LogP contribution in [0.4, 0.5) is 4.79 Å². The number of hydroxylamine groups is 2. The van der Waals surface area contributed by atoms with E-state index >= 15 is 0 Å². The second-order valence-electron chi connectivity index (χ2n) is 3.00. The highest BCUT2D eigenvalue weighted by Gasteiger charge is 2.11. The van der Waals surface area contributed by atoms with Crippen LogP contribution in [0.3, 0.4) is 0 Å². The second kappa shape index (κ2) is 3.41. The first kappa shape index (κ1) is 8.62. The summed E-state index contributed by atoms with van der Waals surface area (Å²) >= 11 is 0. The molecule has 72 valence electrons. The molecule has 2 rings (SSSR count).